The maximum Gasteiger partial charge on any atom is 0.335 e. The van der Waals surface area contributed by atoms with Gasteiger partial charge in [-0.05, 0) is 29.9 Å². The minimum atomic E-state index is -0.806. The molecule has 0 amide bonds. The second-order valence-corrected chi connectivity index (χ2v) is 5.25. The molecule has 0 fully saturated rings. The van der Waals surface area contributed by atoms with Gasteiger partial charge in [0.1, 0.15) is 0 Å². The van der Waals surface area contributed by atoms with Crippen molar-refractivity contribution >= 4 is 17.7 Å². The van der Waals surface area contributed by atoms with Gasteiger partial charge in [-0.1, -0.05) is 12.1 Å². The molecule has 4 heteroatoms. The summed E-state index contributed by atoms with van der Waals surface area (Å²) >= 11 is 1.85. The summed E-state index contributed by atoms with van der Waals surface area (Å²) in [5.41, 5.74) is 2.68. The van der Waals surface area contributed by atoms with E-state index in [1.54, 1.807) is 6.07 Å². The van der Waals surface area contributed by atoms with Crippen LogP contribution in [0.25, 0.3) is 0 Å². The zero-order valence-corrected chi connectivity index (χ0v) is 10.8. The zero-order chi connectivity index (χ0) is 12.3. The minimum Gasteiger partial charge on any atom is -0.478 e. The van der Waals surface area contributed by atoms with Crippen LogP contribution >= 0.6 is 11.8 Å². The predicted octanol–water partition coefficient (Wildman–Crippen LogP) is 2.11. The first kappa shape index (κ1) is 12.5. The third kappa shape index (κ3) is 2.82. The molecule has 0 spiro atoms. The highest BCUT2D eigenvalue weighted by Crippen LogP contribution is 2.22. The number of carboxylic acids is 1. The number of hydrogen-bond donors (Lipinski definition) is 1. The number of benzene rings is 1. The number of thioether (sulfide) groups is 1. The first-order valence-corrected chi connectivity index (χ1v) is 7.17. The van der Waals surface area contributed by atoms with Gasteiger partial charge >= 0.3 is 5.97 Å². The van der Waals surface area contributed by atoms with E-state index in [1.807, 2.05) is 23.9 Å². The Hall–Kier alpha value is -1.00. The zero-order valence-electron chi connectivity index (χ0n) is 9.98. The van der Waals surface area contributed by atoms with Crippen LogP contribution in [0.2, 0.25) is 0 Å². The lowest BCUT2D eigenvalue weighted by Crippen LogP contribution is -2.33. The lowest BCUT2D eigenvalue weighted by molar-refractivity contribution is 0.0694. The number of hydrogen-bond acceptors (Lipinski definition) is 3. The first-order chi connectivity index (χ1) is 8.22. The second-order valence-electron chi connectivity index (χ2n) is 4.27. The monoisotopic (exact) mass is 251 g/mol. The number of nitrogens with zero attached hydrogens (tertiary/aromatic N) is 1. The standard InChI is InChI=1S/C13H17NO2S/c1-17-8-7-14-6-5-11-10(9-14)3-2-4-12(11)13(15)16/h2-4H,5-9H2,1H3,(H,15,16). The van der Waals surface area contributed by atoms with E-state index < -0.39 is 5.97 Å². The Morgan fingerprint density at radius 2 is 2.35 bits per heavy atom. The van der Waals surface area contributed by atoms with E-state index in [2.05, 4.69) is 11.2 Å². The van der Waals surface area contributed by atoms with Crippen LogP contribution in [0, 0.1) is 0 Å². The van der Waals surface area contributed by atoms with Gasteiger partial charge in [-0.3, -0.25) is 4.90 Å². The highest BCUT2D eigenvalue weighted by atomic mass is 32.2. The molecule has 92 valence electrons. The molecule has 17 heavy (non-hydrogen) atoms. The summed E-state index contributed by atoms with van der Waals surface area (Å²) in [6, 6.07) is 5.60. The number of aromatic carboxylic acids is 1. The molecule has 0 radical (unpaired) electrons. The van der Waals surface area contributed by atoms with E-state index in [0.717, 1.165) is 37.4 Å². The fourth-order valence-corrected chi connectivity index (χ4v) is 2.72. The summed E-state index contributed by atoms with van der Waals surface area (Å²) in [6.07, 6.45) is 2.96. The third-order valence-electron chi connectivity index (χ3n) is 3.19. The fraction of sp³-hybridized carbons (Fsp3) is 0.462. The minimum absolute atomic E-state index is 0.479. The van der Waals surface area contributed by atoms with Crippen molar-refractivity contribution in [1.29, 1.82) is 0 Å². The largest absolute Gasteiger partial charge is 0.478 e. The van der Waals surface area contributed by atoms with Gasteiger partial charge in [0, 0.05) is 25.4 Å². The number of carboxylic acid groups (broad SMARTS) is 1. The van der Waals surface area contributed by atoms with Crippen LogP contribution in [0.5, 0.6) is 0 Å². The molecule has 1 aromatic rings. The maximum absolute atomic E-state index is 11.1. The third-order valence-corrected chi connectivity index (χ3v) is 3.78. The molecular weight excluding hydrogens is 234 g/mol. The highest BCUT2D eigenvalue weighted by molar-refractivity contribution is 7.98. The van der Waals surface area contributed by atoms with Gasteiger partial charge in [-0.15, -0.1) is 0 Å². The summed E-state index contributed by atoms with van der Waals surface area (Å²) in [4.78, 5) is 13.5. The highest BCUT2D eigenvalue weighted by Gasteiger charge is 2.20. The van der Waals surface area contributed by atoms with Gasteiger partial charge in [0.2, 0.25) is 0 Å². The molecule has 3 nitrogen and oxygen atoms in total. The van der Waals surface area contributed by atoms with Crippen LogP contribution < -0.4 is 0 Å². The molecule has 0 atom stereocenters. The van der Waals surface area contributed by atoms with E-state index in [1.165, 1.54) is 5.56 Å². The lowest BCUT2D eigenvalue weighted by atomic mass is 9.94. The Labute approximate surface area is 106 Å². The smallest absolute Gasteiger partial charge is 0.335 e. The number of rotatable bonds is 4. The second kappa shape index (κ2) is 5.56. The van der Waals surface area contributed by atoms with Crippen molar-refractivity contribution in [2.24, 2.45) is 0 Å². The molecule has 0 saturated carbocycles. The summed E-state index contributed by atoms with van der Waals surface area (Å²) in [6.45, 7) is 2.94. The summed E-state index contributed by atoms with van der Waals surface area (Å²) < 4.78 is 0. The Morgan fingerprint density at radius 3 is 3.06 bits per heavy atom. The molecule has 0 saturated heterocycles. The van der Waals surface area contributed by atoms with Crippen molar-refractivity contribution in [3.8, 4) is 0 Å². The molecular formula is C13H17NO2S. The van der Waals surface area contributed by atoms with Crippen LogP contribution in [0.3, 0.4) is 0 Å². The molecule has 2 rings (SSSR count). The van der Waals surface area contributed by atoms with Crippen LogP contribution in [0.4, 0.5) is 0 Å². The van der Waals surface area contributed by atoms with Gasteiger partial charge < -0.3 is 5.11 Å². The van der Waals surface area contributed by atoms with Crippen LogP contribution in [0.15, 0.2) is 18.2 Å². The number of carbonyl (C=O) groups is 1. The molecule has 1 aromatic carbocycles. The van der Waals surface area contributed by atoms with E-state index in [9.17, 15) is 4.79 Å². The van der Waals surface area contributed by atoms with Crippen molar-refractivity contribution < 1.29 is 9.90 Å². The fourth-order valence-electron chi connectivity index (χ4n) is 2.28. The summed E-state index contributed by atoms with van der Waals surface area (Å²) in [5.74, 6) is 0.327. The molecule has 1 N–H and O–H groups in total. The predicted molar refractivity (Wildman–Crippen MR) is 70.8 cm³/mol. The van der Waals surface area contributed by atoms with Crippen LogP contribution in [0.1, 0.15) is 21.5 Å². The Balaban J connectivity index is 2.16. The quantitative estimate of drug-likeness (QED) is 0.889. The average Bonchev–Trinajstić information content (AvgIpc) is 2.35. The van der Waals surface area contributed by atoms with Gasteiger partial charge in [-0.2, -0.15) is 11.8 Å². The van der Waals surface area contributed by atoms with Crippen LogP contribution in [-0.4, -0.2) is 41.1 Å². The van der Waals surface area contributed by atoms with Crippen molar-refractivity contribution in [3.63, 3.8) is 0 Å². The maximum atomic E-state index is 11.1. The number of fused-ring (bicyclic) bond motifs is 1. The molecule has 1 aliphatic heterocycles. The van der Waals surface area contributed by atoms with Gasteiger partial charge in [0.25, 0.3) is 0 Å². The van der Waals surface area contributed by atoms with Crippen molar-refractivity contribution in [3.05, 3.63) is 34.9 Å². The van der Waals surface area contributed by atoms with E-state index >= 15 is 0 Å². The Morgan fingerprint density at radius 1 is 1.53 bits per heavy atom. The molecule has 1 aliphatic rings. The molecule has 0 unspecified atom stereocenters. The lowest BCUT2D eigenvalue weighted by Gasteiger charge is -2.29. The molecule has 0 aliphatic carbocycles. The van der Waals surface area contributed by atoms with E-state index in [4.69, 9.17) is 5.11 Å². The van der Waals surface area contributed by atoms with Crippen molar-refractivity contribution in [1.82, 2.24) is 4.90 Å². The molecule has 0 aromatic heterocycles. The van der Waals surface area contributed by atoms with E-state index in [0.29, 0.717) is 5.56 Å². The van der Waals surface area contributed by atoms with Gasteiger partial charge in [0.15, 0.2) is 0 Å². The van der Waals surface area contributed by atoms with Crippen molar-refractivity contribution in [2.75, 3.05) is 25.1 Å². The topological polar surface area (TPSA) is 40.5 Å². The Kier molecular flexibility index (Phi) is 4.07. The first-order valence-electron chi connectivity index (χ1n) is 5.77. The molecule has 1 heterocycles. The normalized spacial score (nSPS) is 15.6. The van der Waals surface area contributed by atoms with Crippen LogP contribution in [-0.2, 0) is 13.0 Å². The van der Waals surface area contributed by atoms with Gasteiger partial charge in [-0.25, -0.2) is 4.79 Å². The van der Waals surface area contributed by atoms with Gasteiger partial charge in [0.05, 0.1) is 5.56 Å². The summed E-state index contributed by atoms with van der Waals surface area (Å²) in [7, 11) is 0. The SMILES string of the molecule is CSCCN1CCc2c(cccc2C(=O)O)C1. The van der Waals surface area contributed by atoms with Crippen molar-refractivity contribution in [2.45, 2.75) is 13.0 Å². The van der Waals surface area contributed by atoms with E-state index in [-0.39, 0.29) is 0 Å². The molecule has 0 bridgehead atoms. The summed E-state index contributed by atoms with van der Waals surface area (Å²) in [5, 5.41) is 9.13. The average molecular weight is 251 g/mol. The Bertz CT molecular complexity index is 420.